The Bertz CT molecular complexity index is 1030. The van der Waals surface area contributed by atoms with E-state index in [0.29, 0.717) is 28.6 Å². The summed E-state index contributed by atoms with van der Waals surface area (Å²) in [5, 5.41) is 6.12. The van der Waals surface area contributed by atoms with Crippen LogP contribution in [0.5, 0.6) is 23.0 Å². The smallest absolute Gasteiger partial charge is 0.277 e. The second-order valence-corrected chi connectivity index (χ2v) is 6.04. The number of benzene rings is 3. The number of ether oxygens (including phenoxy) is 4. The highest BCUT2D eigenvalue weighted by Crippen LogP contribution is 2.33. The number of hydrogen-bond acceptors (Lipinski definition) is 6. The van der Waals surface area contributed by atoms with Crippen LogP contribution in [0.15, 0.2) is 59.7 Å². The molecule has 0 heterocycles. The molecule has 0 aliphatic carbocycles. The molecule has 7 heteroatoms. The van der Waals surface area contributed by atoms with Gasteiger partial charge in [0.1, 0.15) is 11.5 Å². The summed E-state index contributed by atoms with van der Waals surface area (Å²) in [7, 11) is 4.62. The molecule has 0 atom stereocenters. The third-order valence-corrected chi connectivity index (χ3v) is 4.22. The molecule has 0 saturated carbocycles. The first-order valence-electron chi connectivity index (χ1n) is 8.88. The van der Waals surface area contributed by atoms with E-state index in [1.807, 2.05) is 42.5 Å². The third kappa shape index (κ3) is 4.95. The first-order valence-corrected chi connectivity index (χ1v) is 8.88. The molecule has 0 aliphatic rings. The van der Waals surface area contributed by atoms with Crippen molar-refractivity contribution in [1.29, 1.82) is 0 Å². The molecule has 0 fully saturated rings. The summed E-state index contributed by atoms with van der Waals surface area (Å²) in [6.07, 6.45) is 1.47. The summed E-state index contributed by atoms with van der Waals surface area (Å²) in [5.74, 6) is 1.83. The van der Waals surface area contributed by atoms with E-state index >= 15 is 0 Å². The fourth-order valence-corrected chi connectivity index (χ4v) is 2.77. The number of amides is 1. The lowest BCUT2D eigenvalue weighted by atomic mass is 10.1. The SMILES string of the molecule is COc1cc(OC)c(OC)cc1/C=N\NC(=O)COc1ccc2ccccc2c1. The van der Waals surface area contributed by atoms with Crippen LogP contribution in [-0.2, 0) is 4.79 Å². The Hall–Kier alpha value is -3.74. The molecular weight excluding hydrogens is 372 g/mol. The predicted octanol–water partition coefficient (Wildman–Crippen LogP) is 3.39. The van der Waals surface area contributed by atoms with Crippen molar-refractivity contribution in [3.8, 4) is 23.0 Å². The van der Waals surface area contributed by atoms with Gasteiger partial charge in [-0.25, -0.2) is 5.43 Å². The van der Waals surface area contributed by atoms with Crippen LogP contribution in [0.4, 0.5) is 0 Å². The van der Waals surface area contributed by atoms with Crippen LogP contribution in [0.25, 0.3) is 10.8 Å². The van der Waals surface area contributed by atoms with Gasteiger partial charge in [0, 0.05) is 11.6 Å². The van der Waals surface area contributed by atoms with Gasteiger partial charge in [0.15, 0.2) is 18.1 Å². The first-order chi connectivity index (χ1) is 14.1. The number of fused-ring (bicyclic) bond motifs is 1. The molecular formula is C22H22N2O5. The molecule has 150 valence electrons. The van der Waals surface area contributed by atoms with Gasteiger partial charge in [0.05, 0.1) is 27.5 Å². The van der Waals surface area contributed by atoms with Gasteiger partial charge in [0.25, 0.3) is 5.91 Å². The van der Waals surface area contributed by atoms with E-state index in [2.05, 4.69) is 10.5 Å². The zero-order valence-electron chi connectivity index (χ0n) is 16.5. The molecule has 0 unspecified atom stereocenters. The average molecular weight is 394 g/mol. The lowest BCUT2D eigenvalue weighted by Crippen LogP contribution is -2.24. The van der Waals surface area contributed by atoms with Crippen LogP contribution >= 0.6 is 0 Å². The Balaban J connectivity index is 1.60. The lowest BCUT2D eigenvalue weighted by Gasteiger charge is -2.11. The molecule has 1 N–H and O–H groups in total. The predicted molar refractivity (Wildman–Crippen MR) is 111 cm³/mol. The maximum Gasteiger partial charge on any atom is 0.277 e. The molecule has 0 spiro atoms. The Morgan fingerprint density at radius 2 is 1.59 bits per heavy atom. The largest absolute Gasteiger partial charge is 0.496 e. The van der Waals surface area contributed by atoms with Crippen molar-refractivity contribution in [3.05, 3.63) is 60.2 Å². The Kier molecular flexibility index (Phi) is 6.52. The van der Waals surface area contributed by atoms with Crippen molar-refractivity contribution in [2.24, 2.45) is 5.10 Å². The topological polar surface area (TPSA) is 78.4 Å². The molecule has 29 heavy (non-hydrogen) atoms. The van der Waals surface area contributed by atoms with Crippen LogP contribution < -0.4 is 24.4 Å². The summed E-state index contributed by atoms with van der Waals surface area (Å²) in [5.41, 5.74) is 3.06. The second kappa shape index (κ2) is 9.45. The number of carbonyl (C=O) groups is 1. The van der Waals surface area contributed by atoms with Crippen LogP contribution in [0.2, 0.25) is 0 Å². The average Bonchev–Trinajstić information content (AvgIpc) is 2.77. The number of nitrogens with one attached hydrogen (secondary N) is 1. The number of nitrogens with zero attached hydrogens (tertiary/aromatic N) is 1. The van der Waals surface area contributed by atoms with E-state index in [0.717, 1.165) is 10.8 Å². The van der Waals surface area contributed by atoms with Crippen molar-refractivity contribution >= 4 is 22.9 Å². The monoisotopic (exact) mass is 394 g/mol. The number of hydrazone groups is 1. The molecule has 0 aliphatic heterocycles. The van der Waals surface area contributed by atoms with Gasteiger partial charge in [-0.1, -0.05) is 30.3 Å². The fourth-order valence-electron chi connectivity index (χ4n) is 2.77. The lowest BCUT2D eigenvalue weighted by molar-refractivity contribution is -0.123. The van der Waals surface area contributed by atoms with E-state index in [9.17, 15) is 4.79 Å². The second-order valence-electron chi connectivity index (χ2n) is 6.04. The molecule has 0 aromatic heterocycles. The summed E-state index contributed by atoms with van der Waals surface area (Å²) in [6, 6.07) is 17.0. The molecule has 0 radical (unpaired) electrons. The number of methoxy groups -OCH3 is 3. The van der Waals surface area contributed by atoms with Gasteiger partial charge in [-0.2, -0.15) is 5.10 Å². The number of hydrogen-bond donors (Lipinski definition) is 1. The van der Waals surface area contributed by atoms with E-state index < -0.39 is 0 Å². The van der Waals surface area contributed by atoms with Gasteiger partial charge in [-0.05, 0) is 29.0 Å². The van der Waals surface area contributed by atoms with Gasteiger partial charge in [-0.15, -0.1) is 0 Å². The van der Waals surface area contributed by atoms with E-state index in [1.165, 1.54) is 20.4 Å². The van der Waals surface area contributed by atoms with Crippen molar-refractivity contribution in [2.75, 3.05) is 27.9 Å². The van der Waals surface area contributed by atoms with Crippen molar-refractivity contribution in [1.82, 2.24) is 5.43 Å². The zero-order chi connectivity index (χ0) is 20.6. The van der Waals surface area contributed by atoms with Crippen molar-refractivity contribution in [2.45, 2.75) is 0 Å². The van der Waals surface area contributed by atoms with Gasteiger partial charge in [0.2, 0.25) is 0 Å². The highest BCUT2D eigenvalue weighted by Gasteiger charge is 2.10. The molecule has 0 saturated heterocycles. The van der Waals surface area contributed by atoms with E-state index in [-0.39, 0.29) is 12.5 Å². The maximum atomic E-state index is 12.0. The Morgan fingerprint density at radius 1 is 0.897 bits per heavy atom. The van der Waals surface area contributed by atoms with Crippen LogP contribution in [0.1, 0.15) is 5.56 Å². The summed E-state index contributed by atoms with van der Waals surface area (Å²) in [4.78, 5) is 12.0. The molecule has 0 bridgehead atoms. The van der Waals surface area contributed by atoms with Gasteiger partial charge >= 0.3 is 0 Å². The van der Waals surface area contributed by atoms with Crippen LogP contribution in [-0.4, -0.2) is 40.1 Å². The molecule has 3 rings (SSSR count). The minimum atomic E-state index is -0.381. The van der Waals surface area contributed by atoms with Crippen molar-refractivity contribution < 1.29 is 23.7 Å². The van der Waals surface area contributed by atoms with Crippen LogP contribution in [0.3, 0.4) is 0 Å². The molecule has 3 aromatic rings. The van der Waals surface area contributed by atoms with Gasteiger partial charge in [-0.3, -0.25) is 4.79 Å². The minimum absolute atomic E-state index is 0.154. The Labute approximate surface area is 168 Å². The van der Waals surface area contributed by atoms with Crippen LogP contribution in [0, 0.1) is 0 Å². The third-order valence-electron chi connectivity index (χ3n) is 4.22. The normalized spacial score (nSPS) is 10.7. The van der Waals surface area contributed by atoms with Crippen molar-refractivity contribution in [3.63, 3.8) is 0 Å². The summed E-state index contributed by atoms with van der Waals surface area (Å²) in [6.45, 7) is -0.154. The first kappa shape index (κ1) is 20.0. The Morgan fingerprint density at radius 3 is 2.31 bits per heavy atom. The number of carbonyl (C=O) groups excluding carboxylic acids is 1. The highest BCUT2D eigenvalue weighted by atomic mass is 16.5. The quantitative estimate of drug-likeness (QED) is 0.468. The fraction of sp³-hybridized carbons (Fsp3) is 0.182. The minimum Gasteiger partial charge on any atom is -0.496 e. The summed E-state index contributed by atoms with van der Waals surface area (Å²) >= 11 is 0. The maximum absolute atomic E-state index is 12.0. The zero-order valence-corrected chi connectivity index (χ0v) is 16.5. The standard InChI is InChI=1S/C22H22N2O5/c1-26-19-12-21(28-3)20(27-2)11-17(19)13-23-24-22(25)14-29-18-9-8-15-6-4-5-7-16(15)10-18/h4-13H,14H2,1-3H3,(H,24,25)/b23-13-. The van der Waals surface area contributed by atoms with Gasteiger partial charge < -0.3 is 18.9 Å². The molecule has 3 aromatic carbocycles. The number of rotatable bonds is 8. The van der Waals surface area contributed by atoms with E-state index in [1.54, 1.807) is 19.2 Å². The highest BCUT2D eigenvalue weighted by molar-refractivity contribution is 5.87. The van der Waals surface area contributed by atoms with E-state index in [4.69, 9.17) is 18.9 Å². The molecule has 7 nitrogen and oxygen atoms in total. The molecule has 1 amide bonds. The summed E-state index contributed by atoms with van der Waals surface area (Å²) < 4.78 is 21.4.